The van der Waals surface area contributed by atoms with Crippen molar-refractivity contribution in [2.24, 2.45) is 0 Å². The maximum atomic E-state index is 11.5. The summed E-state index contributed by atoms with van der Waals surface area (Å²) in [5.74, 6) is 0.207. The van der Waals surface area contributed by atoms with E-state index in [2.05, 4.69) is 10.0 Å². The molecule has 2 fully saturated rings. The van der Waals surface area contributed by atoms with Crippen LogP contribution in [0.3, 0.4) is 0 Å². The summed E-state index contributed by atoms with van der Waals surface area (Å²) >= 11 is 0. The van der Waals surface area contributed by atoms with E-state index in [4.69, 9.17) is 0 Å². The molecule has 0 atom stereocenters. The predicted octanol–water partition coefficient (Wildman–Crippen LogP) is 0.210. The summed E-state index contributed by atoms with van der Waals surface area (Å²) in [4.78, 5) is 0. The monoisotopic (exact) mass is 218 g/mol. The molecule has 0 aliphatic heterocycles. The first-order valence-corrected chi connectivity index (χ1v) is 6.89. The fourth-order valence-corrected chi connectivity index (χ4v) is 2.84. The average molecular weight is 218 g/mol. The number of rotatable bonds is 6. The Labute approximate surface area is 85.5 Å². The summed E-state index contributed by atoms with van der Waals surface area (Å²) in [5.41, 5.74) is -0.127. The molecule has 2 aliphatic rings. The van der Waals surface area contributed by atoms with E-state index >= 15 is 0 Å². The molecule has 4 nitrogen and oxygen atoms in total. The van der Waals surface area contributed by atoms with E-state index in [1.807, 2.05) is 6.92 Å². The zero-order chi connectivity index (χ0) is 10.2. The largest absolute Gasteiger partial charge is 0.313 e. The van der Waals surface area contributed by atoms with Crippen LogP contribution in [0.1, 0.15) is 32.6 Å². The lowest BCUT2D eigenvalue weighted by Gasteiger charge is -2.12. The van der Waals surface area contributed by atoms with E-state index in [1.54, 1.807) is 0 Å². The van der Waals surface area contributed by atoms with Crippen LogP contribution in [-0.4, -0.2) is 32.3 Å². The molecule has 0 amide bonds. The molecule has 2 rings (SSSR count). The maximum absolute atomic E-state index is 11.5. The molecular formula is C9H18N2O2S. The van der Waals surface area contributed by atoms with Gasteiger partial charge in [0, 0.05) is 18.1 Å². The minimum absolute atomic E-state index is 0.127. The Morgan fingerprint density at radius 2 is 2.00 bits per heavy atom. The highest BCUT2D eigenvalue weighted by Gasteiger charge is 2.40. The maximum Gasteiger partial charge on any atom is 0.213 e. The van der Waals surface area contributed by atoms with Gasteiger partial charge in [0.1, 0.15) is 0 Å². The molecule has 2 aliphatic carbocycles. The molecule has 82 valence electrons. The summed E-state index contributed by atoms with van der Waals surface area (Å²) in [6.07, 6.45) is 4.35. The van der Waals surface area contributed by atoms with E-state index in [1.165, 1.54) is 12.8 Å². The van der Waals surface area contributed by atoms with E-state index in [-0.39, 0.29) is 11.3 Å². The second-order valence-electron chi connectivity index (χ2n) is 4.71. The van der Waals surface area contributed by atoms with Crippen LogP contribution in [0, 0.1) is 0 Å². The lowest BCUT2D eigenvalue weighted by molar-refractivity contribution is 0.554. The minimum atomic E-state index is -3.06. The Balaban J connectivity index is 1.70. The molecule has 2 N–H and O–H groups in total. The summed E-state index contributed by atoms with van der Waals surface area (Å²) in [6, 6.07) is 0.585. The van der Waals surface area contributed by atoms with Crippen LogP contribution in [-0.2, 0) is 10.0 Å². The topological polar surface area (TPSA) is 58.2 Å². The average Bonchev–Trinajstić information content (AvgIpc) is 2.89. The molecule has 0 aromatic carbocycles. The third kappa shape index (κ3) is 3.22. The number of hydrogen-bond donors (Lipinski definition) is 2. The molecule has 2 saturated carbocycles. The van der Waals surface area contributed by atoms with E-state index in [0.717, 1.165) is 12.8 Å². The van der Waals surface area contributed by atoms with Crippen LogP contribution in [0.2, 0.25) is 0 Å². The molecule has 14 heavy (non-hydrogen) atoms. The van der Waals surface area contributed by atoms with Gasteiger partial charge in [0.15, 0.2) is 0 Å². The van der Waals surface area contributed by atoms with Gasteiger partial charge >= 0.3 is 0 Å². The summed E-state index contributed by atoms with van der Waals surface area (Å²) < 4.78 is 25.8. The first-order valence-electron chi connectivity index (χ1n) is 5.24. The predicted molar refractivity (Wildman–Crippen MR) is 55.6 cm³/mol. The molecule has 0 heterocycles. The number of hydrogen-bond acceptors (Lipinski definition) is 3. The Morgan fingerprint density at radius 1 is 1.36 bits per heavy atom. The van der Waals surface area contributed by atoms with Gasteiger partial charge in [-0.15, -0.1) is 0 Å². The number of nitrogens with one attached hydrogen (secondary N) is 2. The van der Waals surface area contributed by atoms with Gasteiger partial charge in [0.2, 0.25) is 10.0 Å². The van der Waals surface area contributed by atoms with Crippen molar-refractivity contribution >= 4 is 10.0 Å². The van der Waals surface area contributed by atoms with Crippen molar-refractivity contribution in [2.75, 3.05) is 12.3 Å². The molecule has 0 bridgehead atoms. The lowest BCUT2D eigenvalue weighted by atomic mass is 10.4. The molecule has 0 radical (unpaired) electrons. The minimum Gasteiger partial charge on any atom is -0.313 e. The van der Waals surface area contributed by atoms with Crippen molar-refractivity contribution in [2.45, 2.75) is 44.2 Å². The quantitative estimate of drug-likeness (QED) is 0.670. The third-order valence-corrected chi connectivity index (χ3v) is 4.33. The Bertz CT molecular complexity index is 305. The van der Waals surface area contributed by atoms with Crippen LogP contribution in [0.25, 0.3) is 0 Å². The molecule has 0 unspecified atom stereocenters. The molecule has 0 aromatic rings. The van der Waals surface area contributed by atoms with E-state index in [9.17, 15) is 8.42 Å². The van der Waals surface area contributed by atoms with Crippen molar-refractivity contribution in [3.8, 4) is 0 Å². The van der Waals surface area contributed by atoms with Gasteiger partial charge in [0.25, 0.3) is 0 Å². The smallest absolute Gasteiger partial charge is 0.213 e. The second kappa shape index (κ2) is 3.47. The highest BCUT2D eigenvalue weighted by molar-refractivity contribution is 7.89. The lowest BCUT2D eigenvalue weighted by Crippen LogP contribution is -2.38. The van der Waals surface area contributed by atoms with Gasteiger partial charge in [-0.2, -0.15) is 0 Å². The summed E-state index contributed by atoms with van der Waals surface area (Å²) in [6.45, 7) is 2.54. The second-order valence-corrected chi connectivity index (χ2v) is 6.55. The van der Waals surface area contributed by atoms with Crippen molar-refractivity contribution in [1.82, 2.24) is 10.0 Å². The molecule has 5 heteroatoms. The highest BCUT2D eigenvalue weighted by Crippen LogP contribution is 2.34. The fraction of sp³-hybridized carbons (Fsp3) is 1.00. The van der Waals surface area contributed by atoms with Crippen LogP contribution in [0.4, 0.5) is 0 Å². The standard InChI is InChI=1S/C9H18N2O2S/c1-9(4-5-9)11-14(12,13)7-6-10-8-2-3-8/h8,10-11H,2-7H2,1H3. The SMILES string of the molecule is CC1(NS(=O)(=O)CCNC2CC2)CC1. The van der Waals surface area contributed by atoms with E-state index < -0.39 is 10.0 Å². The highest BCUT2D eigenvalue weighted by atomic mass is 32.2. The summed E-state index contributed by atoms with van der Waals surface area (Å²) in [7, 11) is -3.06. The van der Waals surface area contributed by atoms with E-state index in [0.29, 0.717) is 12.6 Å². The normalized spacial score (nSPS) is 24.9. The zero-order valence-corrected chi connectivity index (χ0v) is 9.36. The fourth-order valence-electron chi connectivity index (χ4n) is 1.40. The van der Waals surface area contributed by atoms with Crippen LogP contribution >= 0.6 is 0 Å². The van der Waals surface area contributed by atoms with Crippen molar-refractivity contribution in [3.63, 3.8) is 0 Å². The van der Waals surface area contributed by atoms with Gasteiger partial charge in [0.05, 0.1) is 5.75 Å². The molecular weight excluding hydrogens is 200 g/mol. The number of sulfonamides is 1. The first kappa shape index (κ1) is 10.4. The molecule has 0 saturated heterocycles. The van der Waals surface area contributed by atoms with Crippen LogP contribution < -0.4 is 10.0 Å². The van der Waals surface area contributed by atoms with Crippen molar-refractivity contribution in [1.29, 1.82) is 0 Å². The van der Waals surface area contributed by atoms with Crippen LogP contribution in [0.15, 0.2) is 0 Å². The van der Waals surface area contributed by atoms with Gasteiger partial charge < -0.3 is 5.32 Å². The third-order valence-electron chi connectivity index (χ3n) is 2.78. The summed E-state index contributed by atoms with van der Waals surface area (Å²) in [5, 5.41) is 3.20. The van der Waals surface area contributed by atoms with Crippen LogP contribution in [0.5, 0.6) is 0 Å². The van der Waals surface area contributed by atoms with Crippen molar-refractivity contribution < 1.29 is 8.42 Å². The van der Waals surface area contributed by atoms with Gasteiger partial charge in [-0.25, -0.2) is 13.1 Å². The molecule has 0 aromatic heterocycles. The van der Waals surface area contributed by atoms with Gasteiger partial charge in [-0.3, -0.25) is 0 Å². The Hall–Kier alpha value is -0.130. The van der Waals surface area contributed by atoms with Gasteiger partial charge in [-0.05, 0) is 32.6 Å². The molecule has 0 spiro atoms. The Morgan fingerprint density at radius 3 is 2.50 bits per heavy atom. The Kier molecular flexibility index (Phi) is 2.57. The van der Waals surface area contributed by atoms with Gasteiger partial charge in [-0.1, -0.05) is 0 Å². The first-order chi connectivity index (χ1) is 6.49. The zero-order valence-electron chi connectivity index (χ0n) is 8.54. The van der Waals surface area contributed by atoms with Crippen molar-refractivity contribution in [3.05, 3.63) is 0 Å².